The molecule has 4 atom stereocenters. The molecule has 4 aromatic carbocycles. The van der Waals surface area contributed by atoms with E-state index in [4.69, 9.17) is 18.9 Å². The lowest BCUT2D eigenvalue weighted by Gasteiger charge is -2.24. The van der Waals surface area contributed by atoms with Crippen LogP contribution in [0.2, 0.25) is 0 Å². The molecular weight excluding hydrogens is 723 g/mol. The van der Waals surface area contributed by atoms with Crippen LogP contribution in [-0.4, -0.2) is 67.4 Å². The maximum Gasteiger partial charge on any atom is 0.407 e. The number of rotatable bonds is 18. The fraction of sp³-hybridized carbons (Fsp3) is 0.391. The summed E-state index contributed by atoms with van der Waals surface area (Å²) in [6.45, 7) is 13.9. The maximum absolute atomic E-state index is 14.0. The van der Waals surface area contributed by atoms with Crippen molar-refractivity contribution in [2.24, 2.45) is 11.8 Å². The van der Waals surface area contributed by atoms with Gasteiger partial charge in [0.15, 0.2) is 0 Å². The molecule has 0 aromatic heterocycles. The third kappa shape index (κ3) is 9.09. The van der Waals surface area contributed by atoms with Gasteiger partial charge in [0, 0.05) is 30.0 Å². The van der Waals surface area contributed by atoms with Crippen molar-refractivity contribution >= 4 is 45.4 Å². The lowest BCUT2D eigenvalue weighted by molar-refractivity contribution is -0.147. The summed E-state index contributed by atoms with van der Waals surface area (Å²) in [6, 6.07) is 24.3. The normalized spacial score (nSPS) is 20.8. The van der Waals surface area contributed by atoms with Crippen molar-refractivity contribution in [3.05, 3.63) is 98.1 Å². The fourth-order valence-electron chi connectivity index (χ4n) is 7.65. The molecule has 2 aliphatic rings. The number of hydrogen-bond acceptors (Lipinski definition) is 8. The maximum atomic E-state index is 14.0. The standard InChI is InChI=1S/C46H53N3O8/c1-7-26-55-36-23-21-30-15-9-11-18-34(30)39(36)40-35-19-12-10-16-31(35)22-24-37(40)56-27-14-20-38(50)48-45(41(51)49-46(42(52)54-6)28-32(46)8-2)29-33(45)17-13-25-47-43(53)57-44(3,4)5/h7-12,15-16,18-19,21-24,32-33H,1-2,13-14,17,20,25-29H2,3-6H3,(H,47,53)(H,48,50)(H,49,51)/t32-,33?,45?,46?/m1/s1. The van der Waals surface area contributed by atoms with E-state index in [-0.39, 0.29) is 30.8 Å². The molecule has 0 bridgehead atoms. The zero-order valence-corrected chi connectivity index (χ0v) is 33.3. The summed E-state index contributed by atoms with van der Waals surface area (Å²) in [7, 11) is 1.28. The van der Waals surface area contributed by atoms with Gasteiger partial charge in [-0.3, -0.25) is 9.59 Å². The van der Waals surface area contributed by atoms with E-state index in [1.807, 2.05) is 48.5 Å². The first-order chi connectivity index (χ1) is 27.4. The largest absolute Gasteiger partial charge is 0.493 e. The second-order valence-corrected chi connectivity index (χ2v) is 15.8. The van der Waals surface area contributed by atoms with Crippen LogP contribution in [0.3, 0.4) is 0 Å². The second kappa shape index (κ2) is 17.1. The van der Waals surface area contributed by atoms with Gasteiger partial charge < -0.3 is 34.9 Å². The number of hydrogen-bond donors (Lipinski definition) is 3. The Morgan fingerprint density at radius 3 is 2.02 bits per heavy atom. The summed E-state index contributed by atoms with van der Waals surface area (Å²) in [5.41, 5.74) is -1.23. The van der Waals surface area contributed by atoms with Crippen LogP contribution >= 0.6 is 0 Å². The molecule has 0 saturated heterocycles. The number of alkyl carbamates (subject to hydrolysis) is 1. The molecule has 0 heterocycles. The summed E-state index contributed by atoms with van der Waals surface area (Å²) in [5, 5.41) is 12.8. The minimum Gasteiger partial charge on any atom is -0.493 e. The van der Waals surface area contributed by atoms with E-state index in [2.05, 4.69) is 53.4 Å². The average molecular weight is 776 g/mol. The number of fused-ring (bicyclic) bond motifs is 2. The molecule has 11 heteroatoms. The van der Waals surface area contributed by atoms with Gasteiger partial charge in [0.25, 0.3) is 0 Å². The minimum atomic E-state index is -1.21. The molecule has 0 spiro atoms. The van der Waals surface area contributed by atoms with Crippen molar-refractivity contribution in [2.75, 3.05) is 26.9 Å². The van der Waals surface area contributed by atoms with Crippen molar-refractivity contribution in [2.45, 2.75) is 76.0 Å². The molecule has 6 rings (SSSR count). The topological polar surface area (TPSA) is 141 Å². The van der Waals surface area contributed by atoms with Crippen molar-refractivity contribution in [1.82, 2.24) is 16.0 Å². The third-order valence-corrected chi connectivity index (χ3v) is 10.6. The monoisotopic (exact) mass is 775 g/mol. The van der Waals surface area contributed by atoms with Gasteiger partial charge in [-0.2, -0.15) is 0 Å². The van der Waals surface area contributed by atoms with Gasteiger partial charge >= 0.3 is 12.1 Å². The van der Waals surface area contributed by atoms with Crippen LogP contribution in [-0.2, 0) is 23.9 Å². The van der Waals surface area contributed by atoms with Gasteiger partial charge in [0.1, 0.15) is 34.8 Å². The predicted molar refractivity (Wildman–Crippen MR) is 221 cm³/mol. The first kappa shape index (κ1) is 40.8. The van der Waals surface area contributed by atoms with Crippen LogP contribution in [0.5, 0.6) is 11.5 Å². The Morgan fingerprint density at radius 2 is 1.44 bits per heavy atom. The third-order valence-electron chi connectivity index (χ3n) is 10.6. The lowest BCUT2D eigenvalue weighted by atomic mass is 9.92. The molecule has 300 valence electrons. The molecule has 4 aromatic rings. The molecule has 0 aliphatic heterocycles. The van der Waals surface area contributed by atoms with Gasteiger partial charge in [-0.25, -0.2) is 9.59 Å². The second-order valence-electron chi connectivity index (χ2n) is 15.8. The van der Waals surface area contributed by atoms with Gasteiger partial charge in [0.05, 0.1) is 13.7 Å². The van der Waals surface area contributed by atoms with Crippen LogP contribution < -0.4 is 25.4 Å². The van der Waals surface area contributed by atoms with E-state index in [9.17, 15) is 19.2 Å². The van der Waals surface area contributed by atoms with E-state index in [1.165, 1.54) is 7.11 Å². The number of methoxy groups -OCH3 is 1. The highest BCUT2D eigenvalue weighted by Crippen LogP contribution is 2.51. The molecule has 57 heavy (non-hydrogen) atoms. The van der Waals surface area contributed by atoms with Gasteiger partial charge in [-0.15, -0.1) is 6.58 Å². The number of carbonyl (C=O) groups excluding carboxylic acids is 4. The molecule has 3 amide bonds. The molecule has 2 saturated carbocycles. The van der Waals surface area contributed by atoms with Gasteiger partial charge in [0.2, 0.25) is 11.8 Å². The Bertz CT molecular complexity index is 2180. The molecule has 3 N–H and O–H groups in total. The lowest BCUT2D eigenvalue weighted by Crippen LogP contribution is -2.56. The molecule has 11 nitrogen and oxygen atoms in total. The van der Waals surface area contributed by atoms with E-state index >= 15 is 0 Å². The van der Waals surface area contributed by atoms with Crippen molar-refractivity contribution in [3.63, 3.8) is 0 Å². The van der Waals surface area contributed by atoms with Crippen LogP contribution in [0, 0.1) is 11.8 Å². The van der Waals surface area contributed by atoms with Gasteiger partial charge in [-0.1, -0.05) is 79.4 Å². The Labute approximate surface area is 334 Å². The van der Waals surface area contributed by atoms with E-state index in [0.717, 1.165) is 32.7 Å². The van der Waals surface area contributed by atoms with E-state index in [1.54, 1.807) is 32.9 Å². The molecule has 3 unspecified atom stereocenters. The van der Waals surface area contributed by atoms with Crippen LogP contribution in [0.25, 0.3) is 32.7 Å². The zero-order chi connectivity index (χ0) is 40.8. The van der Waals surface area contributed by atoms with Crippen LogP contribution in [0.15, 0.2) is 98.1 Å². The average Bonchev–Trinajstić information content (AvgIpc) is 4.10. The number of carbonyl (C=O) groups is 4. The SMILES string of the molecule is C=CCOc1ccc2ccccc2c1-c1c(OCCCC(=O)NC2(C(=O)NC3(C(=O)OC)C[C@H]3C=C)CC2CCCNC(=O)OC(C)(C)C)ccc2ccccc12. The Kier molecular flexibility index (Phi) is 12.3. The first-order valence-corrected chi connectivity index (χ1v) is 19.6. The summed E-state index contributed by atoms with van der Waals surface area (Å²) >= 11 is 0. The number of benzene rings is 4. The summed E-state index contributed by atoms with van der Waals surface area (Å²) in [5.74, 6) is -0.399. The molecular formula is C46H53N3O8. The highest BCUT2D eigenvalue weighted by atomic mass is 16.6. The van der Waals surface area contributed by atoms with Crippen LogP contribution in [0.4, 0.5) is 4.79 Å². The number of nitrogens with one attached hydrogen (secondary N) is 3. The molecule has 0 radical (unpaired) electrons. The van der Waals surface area contributed by atoms with Crippen molar-refractivity contribution in [1.29, 1.82) is 0 Å². The highest BCUT2D eigenvalue weighted by Gasteiger charge is 2.66. The highest BCUT2D eigenvalue weighted by molar-refractivity contribution is 6.09. The van der Waals surface area contributed by atoms with Gasteiger partial charge in [-0.05, 0) is 92.5 Å². The Hall–Kier alpha value is -5.84. The van der Waals surface area contributed by atoms with E-state index < -0.39 is 34.6 Å². The first-order valence-electron chi connectivity index (χ1n) is 19.6. The van der Waals surface area contributed by atoms with Crippen LogP contribution in [0.1, 0.15) is 59.3 Å². The minimum absolute atomic E-state index is 0.101. The van der Waals surface area contributed by atoms with Crippen molar-refractivity contribution in [3.8, 4) is 22.6 Å². The Balaban J connectivity index is 1.16. The smallest absolute Gasteiger partial charge is 0.407 e. The quantitative estimate of drug-likeness (QED) is 0.0529. The summed E-state index contributed by atoms with van der Waals surface area (Å²) in [6.07, 6.45) is 5.19. The predicted octanol–water partition coefficient (Wildman–Crippen LogP) is 7.80. The summed E-state index contributed by atoms with van der Waals surface area (Å²) in [4.78, 5) is 52.5. The fourth-order valence-corrected chi connectivity index (χ4v) is 7.65. The zero-order valence-electron chi connectivity index (χ0n) is 33.3. The number of amides is 3. The van der Waals surface area contributed by atoms with Crippen molar-refractivity contribution < 1.29 is 38.1 Å². The molecule has 2 fully saturated rings. The summed E-state index contributed by atoms with van der Waals surface area (Å²) < 4.78 is 23.0. The number of ether oxygens (including phenoxy) is 4. The van der Waals surface area contributed by atoms with E-state index in [0.29, 0.717) is 56.8 Å². The number of esters is 1. The Morgan fingerprint density at radius 1 is 0.807 bits per heavy atom. The molecule has 2 aliphatic carbocycles.